The third kappa shape index (κ3) is 3.92. The molecule has 1 aromatic rings. The highest BCUT2D eigenvalue weighted by molar-refractivity contribution is 5.76. The van der Waals surface area contributed by atoms with Crippen LogP contribution in [0.2, 0.25) is 0 Å². The van der Waals surface area contributed by atoms with Crippen LogP contribution in [-0.4, -0.2) is 50.3 Å². The minimum Gasteiger partial charge on any atom is -0.494 e. The summed E-state index contributed by atoms with van der Waals surface area (Å²) in [5.41, 5.74) is 0.810. The molecule has 0 saturated carbocycles. The lowest BCUT2D eigenvalue weighted by Crippen LogP contribution is -2.54. The Kier molecular flexibility index (Phi) is 5.52. The molecule has 1 unspecified atom stereocenters. The SMILES string of the molecule is CCOC(=O)C1CNCCN1Cc1ccc(OC)c(F)c1. The lowest BCUT2D eigenvalue weighted by Gasteiger charge is -2.34. The van der Waals surface area contributed by atoms with Gasteiger partial charge in [-0.05, 0) is 24.6 Å². The summed E-state index contributed by atoms with van der Waals surface area (Å²) in [6, 6.07) is 4.53. The second-order valence-corrected chi connectivity index (χ2v) is 4.91. The van der Waals surface area contributed by atoms with E-state index >= 15 is 0 Å². The van der Waals surface area contributed by atoms with Crippen LogP contribution in [-0.2, 0) is 16.1 Å². The van der Waals surface area contributed by atoms with E-state index in [1.165, 1.54) is 13.2 Å². The Morgan fingerprint density at radius 2 is 2.33 bits per heavy atom. The number of benzene rings is 1. The smallest absolute Gasteiger partial charge is 0.324 e. The summed E-state index contributed by atoms with van der Waals surface area (Å²) in [6.07, 6.45) is 0. The number of methoxy groups -OCH3 is 1. The fourth-order valence-corrected chi connectivity index (χ4v) is 2.45. The maximum absolute atomic E-state index is 13.7. The van der Waals surface area contributed by atoms with E-state index in [0.717, 1.165) is 18.7 Å². The van der Waals surface area contributed by atoms with Gasteiger partial charge in [0.15, 0.2) is 11.6 Å². The fourth-order valence-electron chi connectivity index (χ4n) is 2.45. The first-order chi connectivity index (χ1) is 10.2. The van der Waals surface area contributed by atoms with Gasteiger partial charge in [-0.15, -0.1) is 0 Å². The van der Waals surface area contributed by atoms with Crippen LogP contribution in [0.5, 0.6) is 5.75 Å². The molecule has 1 aromatic carbocycles. The second-order valence-electron chi connectivity index (χ2n) is 4.91. The average Bonchev–Trinajstić information content (AvgIpc) is 2.48. The van der Waals surface area contributed by atoms with E-state index in [-0.39, 0.29) is 17.8 Å². The van der Waals surface area contributed by atoms with Crippen molar-refractivity contribution < 1.29 is 18.7 Å². The standard InChI is InChI=1S/C15H21FN2O3/c1-3-21-15(19)13-9-17-6-7-18(13)10-11-4-5-14(20-2)12(16)8-11/h4-5,8,13,17H,3,6-7,9-10H2,1-2H3. The maximum Gasteiger partial charge on any atom is 0.324 e. The van der Waals surface area contributed by atoms with Gasteiger partial charge in [0.2, 0.25) is 0 Å². The number of piperazine rings is 1. The largest absolute Gasteiger partial charge is 0.494 e. The maximum atomic E-state index is 13.7. The number of esters is 1. The Morgan fingerprint density at radius 1 is 1.52 bits per heavy atom. The van der Waals surface area contributed by atoms with Crippen molar-refractivity contribution in [1.82, 2.24) is 10.2 Å². The number of carbonyl (C=O) groups is 1. The van der Waals surface area contributed by atoms with Crippen LogP contribution in [0, 0.1) is 5.82 Å². The summed E-state index contributed by atoms with van der Waals surface area (Å²) in [4.78, 5) is 14.0. The van der Waals surface area contributed by atoms with Crippen LogP contribution in [0.25, 0.3) is 0 Å². The number of nitrogens with one attached hydrogen (secondary N) is 1. The van der Waals surface area contributed by atoms with Gasteiger partial charge in [0, 0.05) is 26.2 Å². The molecule has 1 aliphatic rings. The summed E-state index contributed by atoms with van der Waals surface area (Å²) in [7, 11) is 1.44. The first-order valence-corrected chi connectivity index (χ1v) is 7.09. The van der Waals surface area contributed by atoms with Crippen LogP contribution in [0.15, 0.2) is 18.2 Å². The average molecular weight is 296 g/mol. The van der Waals surface area contributed by atoms with Gasteiger partial charge in [0.1, 0.15) is 6.04 Å². The first-order valence-electron chi connectivity index (χ1n) is 7.09. The molecule has 1 fully saturated rings. The molecule has 0 aromatic heterocycles. The summed E-state index contributed by atoms with van der Waals surface area (Å²) < 4.78 is 23.7. The van der Waals surface area contributed by atoms with Crippen molar-refractivity contribution in [3.8, 4) is 5.75 Å². The van der Waals surface area contributed by atoms with Crippen LogP contribution in [0.4, 0.5) is 4.39 Å². The molecule has 0 amide bonds. The van der Waals surface area contributed by atoms with Crippen LogP contribution < -0.4 is 10.1 Å². The van der Waals surface area contributed by atoms with Crippen molar-refractivity contribution >= 4 is 5.97 Å². The molecular formula is C15H21FN2O3. The molecule has 1 heterocycles. The highest BCUT2D eigenvalue weighted by Crippen LogP contribution is 2.20. The Labute approximate surface area is 124 Å². The van der Waals surface area contributed by atoms with Gasteiger partial charge < -0.3 is 14.8 Å². The molecule has 2 rings (SSSR count). The molecule has 5 nitrogen and oxygen atoms in total. The van der Waals surface area contributed by atoms with Crippen LogP contribution in [0.3, 0.4) is 0 Å². The monoisotopic (exact) mass is 296 g/mol. The number of rotatable bonds is 5. The van der Waals surface area contributed by atoms with Crippen LogP contribution in [0.1, 0.15) is 12.5 Å². The van der Waals surface area contributed by atoms with Gasteiger partial charge in [-0.25, -0.2) is 4.39 Å². The molecule has 1 atom stereocenters. The Bertz CT molecular complexity index is 496. The van der Waals surface area contributed by atoms with Crippen molar-refractivity contribution in [2.75, 3.05) is 33.4 Å². The lowest BCUT2D eigenvalue weighted by molar-refractivity contribution is -0.150. The number of hydrogen-bond acceptors (Lipinski definition) is 5. The van der Waals surface area contributed by atoms with E-state index < -0.39 is 5.82 Å². The van der Waals surface area contributed by atoms with Gasteiger partial charge in [0.05, 0.1) is 13.7 Å². The summed E-state index contributed by atoms with van der Waals surface area (Å²) in [6.45, 7) is 4.73. The van der Waals surface area contributed by atoms with Crippen molar-refractivity contribution in [1.29, 1.82) is 0 Å². The molecule has 6 heteroatoms. The molecule has 0 radical (unpaired) electrons. The normalized spacial score (nSPS) is 19.3. The number of halogens is 1. The number of carbonyl (C=O) groups excluding carboxylic acids is 1. The van der Waals surface area contributed by atoms with Gasteiger partial charge in [-0.3, -0.25) is 9.69 Å². The van der Waals surface area contributed by atoms with Crippen molar-refractivity contribution in [3.63, 3.8) is 0 Å². The molecule has 0 aliphatic carbocycles. The zero-order valence-electron chi connectivity index (χ0n) is 12.4. The van der Waals surface area contributed by atoms with Gasteiger partial charge >= 0.3 is 5.97 Å². The van der Waals surface area contributed by atoms with E-state index in [9.17, 15) is 9.18 Å². The minimum atomic E-state index is -0.391. The predicted octanol–water partition coefficient (Wildman–Crippen LogP) is 1.17. The number of nitrogens with zero attached hydrogens (tertiary/aromatic N) is 1. The molecule has 21 heavy (non-hydrogen) atoms. The molecule has 1 N–H and O–H groups in total. The third-order valence-corrected chi connectivity index (χ3v) is 3.51. The molecule has 0 bridgehead atoms. The topological polar surface area (TPSA) is 50.8 Å². The van der Waals surface area contributed by atoms with E-state index in [2.05, 4.69) is 5.32 Å². The summed E-state index contributed by atoms with van der Waals surface area (Å²) in [5, 5.41) is 3.18. The zero-order chi connectivity index (χ0) is 15.2. The Balaban J connectivity index is 2.08. The number of ether oxygens (including phenoxy) is 2. The predicted molar refractivity (Wildman–Crippen MR) is 76.7 cm³/mol. The van der Waals surface area contributed by atoms with Crippen molar-refractivity contribution in [3.05, 3.63) is 29.6 Å². The second kappa shape index (κ2) is 7.38. The molecule has 116 valence electrons. The van der Waals surface area contributed by atoms with Crippen molar-refractivity contribution in [2.24, 2.45) is 0 Å². The summed E-state index contributed by atoms with van der Waals surface area (Å²) >= 11 is 0. The highest BCUT2D eigenvalue weighted by Gasteiger charge is 2.29. The third-order valence-electron chi connectivity index (χ3n) is 3.51. The Hall–Kier alpha value is -1.66. The van der Waals surface area contributed by atoms with Crippen molar-refractivity contribution in [2.45, 2.75) is 19.5 Å². The zero-order valence-corrected chi connectivity index (χ0v) is 12.4. The molecule has 1 aliphatic heterocycles. The van der Waals surface area contributed by atoms with Gasteiger partial charge in [-0.1, -0.05) is 6.07 Å². The van der Waals surface area contributed by atoms with Gasteiger partial charge in [0.25, 0.3) is 0 Å². The molecule has 0 spiro atoms. The quantitative estimate of drug-likeness (QED) is 0.827. The highest BCUT2D eigenvalue weighted by atomic mass is 19.1. The van der Waals surface area contributed by atoms with Crippen LogP contribution >= 0.6 is 0 Å². The van der Waals surface area contributed by atoms with E-state index in [1.807, 2.05) is 11.0 Å². The van der Waals surface area contributed by atoms with Gasteiger partial charge in [-0.2, -0.15) is 0 Å². The molecule has 1 saturated heterocycles. The minimum absolute atomic E-state index is 0.223. The Morgan fingerprint density at radius 3 is 3.00 bits per heavy atom. The van der Waals surface area contributed by atoms with E-state index in [1.54, 1.807) is 13.0 Å². The number of hydrogen-bond donors (Lipinski definition) is 1. The van der Waals surface area contributed by atoms with E-state index in [4.69, 9.17) is 9.47 Å². The fraction of sp³-hybridized carbons (Fsp3) is 0.533. The first kappa shape index (κ1) is 15.7. The lowest BCUT2D eigenvalue weighted by atomic mass is 10.1. The van der Waals surface area contributed by atoms with E-state index in [0.29, 0.717) is 19.7 Å². The summed E-state index contributed by atoms with van der Waals surface area (Å²) in [5.74, 6) is -0.405. The molecular weight excluding hydrogens is 275 g/mol.